The maximum atomic E-state index is 14.1. The Bertz CT molecular complexity index is 502. The van der Waals surface area contributed by atoms with Crippen LogP contribution in [0.3, 0.4) is 0 Å². The molecule has 0 aliphatic carbocycles. The van der Waals surface area contributed by atoms with Crippen molar-refractivity contribution in [3.05, 3.63) is 33.9 Å². The van der Waals surface area contributed by atoms with Gasteiger partial charge < -0.3 is 10.2 Å². The van der Waals surface area contributed by atoms with E-state index in [-0.39, 0.29) is 11.7 Å². The summed E-state index contributed by atoms with van der Waals surface area (Å²) in [4.78, 5) is 11.6. The van der Waals surface area contributed by atoms with Gasteiger partial charge in [0.05, 0.1) is 17.1 Å². The Kier molecular flexibility index (Phi) is 5.06. The number of hydrogen-bond acceptors (Lipinski definition) is 4. The lowest BCUT2D eigenvalue weighted by atomic mass is 9.98. The van der Waals surface area contributed by atoms with Crippen molar-refractivity contribution in [2.75, 3.05) is 25.0 Å². The Morgan fingerprint density at radius 1 is 1.38 bits per heavy atom. The second-order valence-electron chi connectivity index (χ2n) is 5.25. The number of nitrogens with one attached hydrogen (secondary N) is 1. The molecule has 7 heteroatoms. The highest BCUT2D eigenvalue weighted by atomic mass is 19.1. The number of anilines is 1. The highest BCUT2D eigenvalue weighted by Crippen LogP contribution is 2.33. The van der Waals surface area contributed by atoms with Gasteiger partial charge in [-0.15, -0.1) is 0 Å². The van der Waals surface area contributed by atoms with Gasteiger partial charge in [-0.1, -0.05) is 0 Å². The third-order valence-electron chi connectivity index (χ3n) is 3.85. The first kappa shape index (κ1) is 15.6. The smallest absolute Gasteiger partial charge is 0.275 e. The minimum atomic E-state index is -0.863. The Morgan fingerprint density at radius 3 is 2.62 bits per heavy atom. The van der Waals surface area contributed by atoms with Gasteiger partial charge in [0, 0.05) is 12.6 Å². The molecule has 1 unspecified atom stereocenters. The Hall–Kier alpha value is -1.76. The SMILES string of the molecule is CNCCC1CCCCN1c1c(F)cc([N+](=O)[O-])cc1F. The van der Waals surface area contributed by atoms with Gasteiger partial charge in [0.15, 0.2) is 11.6 Å². The van der Waals surface area contributed by atoms with Crippen molar-refractivity contribution in [2.45, 2.75) is 31.7 Å². The Labute approximate surface area is 122 Å². The molecule has 1 aliphatic heterocycles. The van der Waals surface area contributed by atoms with E-state index in [4.69, 9.17) is 0 Å². The van der Waals surface area contributed by atoms with Crippen LogP contribution in [0, 0.1) is 21.7 Å². The molecule has 2 rings (SSSR count). The molecule has 1 fully saturated rings. The summed E-state index contributed by atoms with van der Waals surface area (Å²) >= 11 is 0. The normalized spacial score (nSPS) is 18.8. The van der Waals surface area contributed by atoms with Gasteiger partial charge in [-0.3, -0.25) is 10.1 Å². The van der Waals surface area contributed by atoms with Crippen LogP contribution in [-0.2, 0) is 0 Å². The fraction of sp³-hybridized carbons (Fsp3) is 0.571. The van der Waals surface area contributed by atoms with E-state index in [1.54, 1.807) is 4.90 Å². The van der Waals surface area contributed by atoms with Crippen molar-refractivity contribution < 1.29 is 13.7 Å². The lowest BCUT2D eigenvalue weighted by Gasteiger charge is -2.38. The van der Waals surface area contributed by atoms with Crippen LogP contribution in [0.25, 0.3) is 0 Å². The topological polar surface area (TPSA) is 58.4 Å². The summed E-state index contributed by atoms with van der Waals surface area (Å²) in [6, 6.07) is 1.64. The summed E-state index contributed by atoms with van der Waals surface area (Å²) in [7, 11) is 1.83. The molecule has 1 saturated heterocycles. The second kappa shape index (κ2) is 6.80. The van der Waals surface area contributed by atoms with Crippen molar-refractivity contribution >= 4 is 11.4 Å². The van der Waals surface area contributed by atoms with Crippen LogP contribution >= 0.6 is 0 Å². The lowest BCUT2D eigenvalue weighted by molar-refractivity contribution is -0.385. The number of benzene rings is 1. The minimum Gasteiger partial charge on any atom is -0.364 e. The average molecular weight is 299 g/mol. The summed E-state index contributed by atoms with van der Waals surface area (Å²) in [5.41, 5.74) is -0.695. The zero-order chi connectivity index (χ0) is 15.4. The summed E-state index contributed by atoms with van der Waals surface area (Å²) in [5, 5.41) is 13.7. The predicted molar refractivity (Wildman–Crippen MR) is 76.5 cm³/mol. The van der Waals surface area contributed by atoms with E-state index < -0.39 is 22.2 Å². The van der Waals surface area contributed by atoms with Gasteiger partial charge in [0.2, 0.25) is 0 Å². The van der Waals surface area contributed by atoms with Crippen LogP contribution in [0.2, 0.25) is 0 Å². The van der Waals surface area contributed by atoms with Gasteiger partial charge >= 0.3 is 0 Å². The van der Waals surface area contributed by atoms with Crippen LogP contribution < -0.4 is 10.2 Å². The zero-order valence-corrected chi connectivity index (χ0v) is 11.9. The average Bonchev–Trinajstić information content (AvgIpc) is 2.45. The number of nitro benzene ring substituents is 1. The van der Waals surface area contributed by atoms with E-state index in [1.807, 2.05) is 7.05 Å². The summed E-state index contributed by atoms with van der Waals surface area (Å²) in [6.45, 7) is 1.33. The molecule has 1 aliphatic rings. The van der Waals surface area contributed by atoms with E-state index in [2.05, 4.69) is 5.32 Å². The molecule has 21 heavy (non-hydrogen) atoms. The van der Waals surface area contributed by atoms with Crippen LogP contribution in [0.5, 0.6) is 0 Å². The van der Waals surface area contributed by atoms with E-state index >= 15 is 0 Å². The standard InChI is InChI=1S/C14H19F2N3O2/c1-17-6-5-10-4-2-3-7-18(10)14-12(15)8-11(19(20)21)9-13(14)16/h8-10,17H,2-7H2,1H3. The third kappa shape index (κ3) is 3.47. The van der Waals surface area contributed by atoms with Crippen LogP contribution in [-0.4, -0.2) is 31.1 Å². The molecule has 1 aromatic carbocycles. The molecule has 116 valence electrons. The molecule has 0 amide bonds. The number of nitro groups is 1. The largest absolute Gasteiger partial charge is 0.364 e. The molecular formula is C14H19F2N3O2. The summed E-state index contributed by atoms with van der Waals surface area (Å²) < 4.78 is 28.3. The van der Waals surface area contributed by atoms with Crippen LogP contribution in [0.1, 0.15) is 25.7 Å². The third-order valence-corrected chi connectivity index (χ3v) is 3.85. The number of nitrogens with zero attached hydrogens (tertiary/aromatic N) is 2. The van der Waals surface area contributed by atoms with Crippen LogP contribution in [0.15, 0.2) is 12.1 Å². The highest BCUT2D eigenvalue weighted by molar-refractivity contribution is 5.54. The second-order valence-corrected chi connectivity index (χ2v) is 5.25. The molecule has 1 heterocycles. The van der Waals surface area contributed by atoms with Gasteiger partial charge in [-0.2, -0.15) is 0 Å². The Morgan fingerprint density at radius 2 is 2.05 bits per heavy atom. The van der Waals surface area contributed by atoms with Crippen molar-refractivity contribution in [2.24, 2.45) is 0 Å². The van der Waals surface area contributed by atoms with E-state index in [0.29, 0.717) is 6.54 Å². The maximum absolute atomic E-state index is 14.1. The molecule has 0 bridgehead atoms. The fourth-order valence-electron chi connectivity index (χ4n) is 2.84. The van der Waals surface area contributed by atoms with Crippen molar-refractivity contribution in [3.8, 4) is 0 Å². The van der Waals surface area contributed by atoms with Crippen LogP contribution in [0.4, 0.5) is 20.2 Å². The van der Waals surface area contributed by atoms with Crippen molar-refractivity contribution in [1.29, 1.82) is 0 Å². The minimum absolute atomic E-state index is 0.0525. The number of piperidine rings is 1. The molecule has 0 spiro atoms. The summed E-state index contributed by atoms with van der Waals surface area (Å²) in [6.07, 6.45) is 3.55. The quantitative estimate of drug-likeness (QED) is 0.671. The first-order chi connectivity index (χ1) is 10.0. The van der Waals surface area contributed by atoms with Gasteiger partial charge in [-0.05, 0) is 39.3 Å². The fourth-order valence-corrected chi connectivity index (χ4v) is 2.84. The molecule has 0 aromatic heterocycles. The number of hydrogen-bond donors (Lipinski definition) is 1. The molecule has 0 radical (unpaired) electrons. The number of non-ortho nitro benzene ring substituents is 1. The first-order valence-corrected chi connectivity index (χ1v) is 7.09. The Balaban J connectivity index is 2.32. The van der Waals surface area contributed by atoms with E-state index in [9.17, 15) is 18.9 Å². The highest BCUT2D eigenvalue weighted by Gasteiger charge is 2.28. The summed E-state index contributed by atoms with van der Waals surface area (Å²) in [5.74, 6) is -1.73. The molecule has 1 atom stereocenters. The van der Waals surface area contributed by atoms with Gasteiger partial charge in [0.25, 0.3) is 5.69 Å². The number of rotatable bonds is 5. The lowest BCUT2D eigenvalue weighted by Crippen LogP contribution is -2.42. The van der Waals surface area contributed by atoms with E-state index in [1.165, 1.54) is 0 Å². The maximum Gasteiger partial charge on any atom is 0.275 e. The molecule has 5 nitrogen and oxygen atoms in total. The molecule has 0 saturated carbocycles. The number of halogens is 2. The predicted octanol–water partition coefficient (Wildman–Crippen LogP) is 2.84. The van der Waals surface area contributed by atoms with E-state index in [0.717, 1.165) is 44.4 Å². The molecule has 1 aromatic rings. The van der Waals surface area contributed by atoms with Crippen molar-refractivity contribution in [1.82, 2.24) is 5.32 Å². The monoisotopic (exact) mass is 299 g/mol. The van der Waals surface area contributed by atoms with Gasteiger partial charge in [0.1, 0.15) is 5.69 Å². The molecular weight excluding hydrogens is 280 g/mol. The van der Waals surface area contributed by atoms with Crippen molar-refractivity contribution in [3.63, 3.8) is 0 Å². The first-order valence-electron chi connectivity index (χ1n) is 7.09. The van der Waals surface area contributed by atoms with Gasteiger partial charge in [-0.25, -0.2) is 8.78 Å². The zero-order valence-electron chi connectivity index (χ0n) is 11.9. The molecule has 1 N–H and O–H groups in total.